The van der Waals surface area contributed by atoms with E-state index in [-0.39, 0.29) is 6.92 Å². The lowest BCUT2D eigenvalue weighted by atomic mass is 9.60. The minimum atomic E-state index is -5.72. The van der Waals surface area contributed by atoms with Gasteiger partial charge in [-0.15, -0.1) is 0 Å². The fraction of sp³-hybridized carbons (Fsp3) is 1.00. The zero-order valence-electron chi connectivity index (χ0n) is 6.60. The molecule has 0 aromatic heterocycles. The molecule has 0 nitrogen and oxygen atoms in total. The van der Waals surface area contributed by atoms with Crippen molar-refractivity contribution in [2.75, 3.05) is 0 Å². The number of alkyl halides is 8. The molecule has 1 rings (SSSR count). The Hall–Kier alpha value is -0.560. The van der Waals surface area contributed by atoms with Crippen LogP contribution in [0.15, 0.2) is 0 Å². The molecule has 0 unspecified atom stereocenters. The van der Waals surface area contributed by atoms with E-state index in [0.717, 1.165) is 0 Å². The van der Waals surface area contributed by atoms with E-state index in [0.29, 0.717) is 0 Å². The van der Waals surface area contributed by atoms with Crippen molar-refractivity contribution >= 4 is 0 Å². The van der Waals surface area contributed by atoms with E-state index in [1.54, 1.807) is 0 Å². The first kappa shape index (κ1) is 11.5. The standard InChI is InChI=1S/C6H4F8/c1-3(2(7)8)4(9,10)6(13,14)5(3,11)12/h2H,1H3. The smallest absolute Gasteiger partial charge is 0.209 e. The molecule has 0 N–H and O–H groups in total. The van der Waals surface area contributed by atoms with Gasteiger partial charge >= 0.3 is 17.8 Å². The number of hydrogen-bond donors (Lipinski definition) is 0. The van der Waals surface area contributed by atoms with Crippen LogP contribution < -0.4 is 0 Å². The molecular weight excluding hydrogens is 224 g/mol. The Kier molecular flexibility index (Phi) is 1.92. The number of hydrogen-bond acceptors (Lipinski definition) is 0. The molecule has 1 aliphatic rings. The maximum Gasteiger partial charge on any atom is 0.374 e. The van der Waals surface area contributed by atoms with Crippen LogP contribution in [0.25, 0.3) is 0 Å². The second kappa shape index (κ2) is 2.33. The number of halogens is 8. The van der Waals surface area contributed by atoms with Crippen molar-refractivity contribution < 1.29 is 35.1 Å². The van der Waals surface area contributed by atoms with Gasteiger partial charge in [-0.3, -0.25) is 0 Å². The summed E-state index contributed by atoms with van der Waals surface area (Å²) in [5, 5.41) is 0. The maximum absolute atomic E-state index is 12.4. The normalized spacial score (nSPS) is 31.3. The van der Waals surface area contributed by atoms with Crippen LogP contribution in [-0.4, -0.2) is 24.2 Å². The minimum absolute atomic E-state index is 0.255. The lowest BCUT2D eigenvalue weighted by Crippen LogP contribution is -2.82. The molecule has 0 aromatic rings. The van der Waals surface area contributed by atoms with Crippen LogP contribution in [0.2, 0.25) is 0 Å². The second-order valence-corrected chi connectivity index (χ2v) is 3.23. The first-order valence-corrected chi connectivity index (χ1v) is 3.36. The molecule has 1 aliphatic carbocycles. The molecule has 0 atom stereocenters. The molecule has 1 fully saturated rings. The Balaban J connectivity index is 3.25. The van der Waals surface area contributed by atoms with E-state index in [2.05, 4.69) is 0 Å². The van der Waals surface area contributed by atoms with Crippen LogP contribution in [0.5, 0.6) is 0 Å². The van der Waals surface area contributed by atoms with Gasteiger partial charge in [0, 0.05) is 0 Å². The van der Waals surface area contributed by atoms with E-state index in [9.17, 15) is 35.1 Å². The third kappa shape index (κ3) is 0.726. The highest BCUT2D eigenvalue weighted by molar-refractivity contribution is 5.24. The largest absolute Gasteiger partial charge is 0.374 e. The fourth-order valence-corrected chi connectivity index (χ4v) is 1.26. The summed E-state index contributed by atoms with van der Waals surface area (Å²) in [5.74, 6) is -16.5. The van der Waals surface area contributed by atoms with Gasteiger partial charge in [0.1, 0.15) is 0 Å². The summed E-state index contributed by atoms with van der Waals surface area (Å²) in [6, 6.07) is 0. The summed E-state index contributed by atoms with van der Waals surface area (Å²) >= 11 is 0. The lowest BCUT2D eigenvalue weighted by molar-refractivity contribution is -0.490. The highest BCUT2D eigenvalue weighted by atomic mass is 19.4. The molecular formula is C6H4F8. The highest BCUT2D eigenvalue weighted by Gasteiger charge is 2.98. The summed E-state index contributed by atoms with van der Waals surface area (Å²) in [4.78, 5) is 0. The van der Waals surface area contributed by atoms with Gasteiger partial charge in [0.25, 0.3) is 6.43 Å². The molecule has 14 heavy (non-hydrogen) atoms. The molecule has 0 saturated heterocycles. The Bertz CT molecular complexity index is 237. The van der Waals surface area contributed by atoms with Crippen molar-refractivity contribution in [1.82, 2.24) is 0 Å². The summed E-state index contributed by atoms with van der Waals surface area (Å²) < 4.78 is 97.6. The SMILES string of the molecule is CC1(C(F)F)C(F)(F)C(F)(F)C1(F)F. The monoisotopic (exact) mass is 228 g/mol. The molecule has 0 aliphatic heterocycles. The average molecular weight is 228 g/mol. The molecule has 0 amide bonds. The predicted octanol–water partition coefficient (Wildman–Crippen LogP) is 3.18. The van der Waals surface area contributed by atoms with Crippen LogP contribution in [-0.2, 0) is 0 Å². The Morgan fingerprint density at radius 3 is 1.14 bits per heavy atom. The van der Waals surface area contributed by atoms with E-state index < -0.39 is 29.6 Å². The Labute approximate surface area is 72.9 Å². The van der Waals surface area contributed by atoms with Gasteiger partial charge in [-0.2, -0.15) is 26.3 Å². The summed E-state index contributed by atoms with van der Waals surface area (Å²) in [5.41, 5.74) is -4.30. The Morgan fingerprint density at radius 2 is 1.00 bits per heavy atom. The van der Waals surface area contributed by atoms with Crippen LogP contribution in [0.3, 0.4) is 0 Å². The van der Waals surface area contributed by atoms with Crippen molar-refractivity contribution in [3.8, 4) is 0 Å². The van der Waals surface area contributed by atoms with Crippen LogP contribution in [0.1, 0.15) is 6.92 Å². The molecule has 0 aromatic carbocycles. The van der Waals surface area contributed by atoms with Crippen molar-refractivity contribution in [2.24, 2.45) is 5.41 Å². The second-order valence-electron chi connectivity index (χ2n) is 3.23. The van der Waals surface area contributed by atoms with Gasteiger partial charge in [-0.25, -0.2) is 8.78 Å². The third-order valence-electron chi connectivity index (χ3n) is 2.53. The number of rotatable bonds is 1. The van der Waals surface area contributed by atoms with Crippen molar-refractivity contribution in [3.63, 3.8) is 0 Å². The molecule has 0 spiro atoms. The average Bonchev–Trinajstić information content (AvgIpc) is 2.00. The topological polar surface area (TPSA) is 0 Å². The molecule has 84 valence electrons. The predicted molar refractivity (Wildman–Crippen MR) is 29.0 cm³/mol. The van der Waals surface area contributed by atoms with E-state index in [4.69, 9.17) is 0 Å². The van der Waals surface area contributed by atoms with Crippen LogP contribution >= 0.6 is 0 Å². The molecule has 1 saturated carbocycles. The van der Waals surface area contributed by atoms with Gasteiger partial charge in [-0.05, 0) is 6.92 Å². The van der Waals surface area contributed by atoms with E-state index >= 15 is 0 Å². The fourth-order valence-electron chi connectivity index (χ4n) is 1.26. The van der Waals surface area contributed by atoms with Crippen molar-refractivity contribution in [3.05, 3.63) is 0 Å². The molecule has 0 bridgehead atoms. The van der Waals surface area contributed by atoms with Gasteiger partial charge in [0.15, 0.2) is 5.41 Å². The zero-order chi connectivity index (χ0) is 11.6. The zero-order valence-corrected chi connectivity index (χ0v) is 6.60. The minimum Gasteiger partial charge on any atom is -0.209 e. The Morgan fingerprint density at radius 1 is 0.714 bits per heavy atom. The first-order chi connectivity index (χ1) is 5.94. The van der Waals surface area contributed by atoms with Gasteiger partial charge in [0.05, 0.1) is 0 Å². The van der Waals surface area contributed by atoms with Gasteiger partial charge in [0.2, 0.25) is 0 Å². The van der Waals surface area contributed by atoms with Crippen molar-refractivity contribution in [1.29, 1.82) is 0 Å². The van der Waals surface area contributed by atoms with Crippen LogP contribution in [0.4, 0.5) is 35.1 Å². The first-order valence-electron chi connectivity index (χ1n) is 3.36. The van der Waals surface area contributed by atoms with Gasteiger partial charge in [-0.1, -0.05) is 0 Å². The summed E-state index contributed by atoms with van der Waals surface area (Å²) in [6.07, 6.45) is -4.23. The van der Waals surface area contributed by atoms with E-state index in [1.807, 2.05) is 0 Å². The van der Waals surface area contributed by atoms with Gasteiger partial charge < -0.3 is 0 Å². The maximum atomic E-state index is 12.4. The summed E-state index contributed by atoms with van der Waals surface area (Å²) in [6.45, 7) is -0.255. The third-order valence-corrected chi connectivity index (χ3v) is 2.53. The summed E-state index contributed by atoms with van der Waals surface area (Å²) in [7, 11) is 0. The lowest BCUT2D eigenvalue weighted by Gasteiger charge is -2.56. The highest BCUT2D eigenvalue weighted by Crippen LogP contribution is 2.73. The quantitative estimate of drug-likeness (QED) is 0.604. The molecule has 0 heterocycles. The molecule has 0 radical (unpaired) electrons. The van der Waals surface area contributed by atoms with E-state index in [1.165, 1.54) is 0 Å². The van der Waals surface area contributed by atoms with Crippen molar-refractivity contribution in [2.45, 2.75) is 31.1 Å². The molecule has 8 heteroatoms. The van der Waals surface area contributed by atoms with Crippen LogP contribution in [0, 0.1) is 5.41 Å².